The maximum atomic E-state index is 11.9. The molecule has 0 aromatic carbocycles. The molecule has 1 amide bonds. The van der Waals surface area contributed by atoms with Gasteiger partial charge in [0.1, 0.15) is 0 Å². The summed E-state index contributed by atoms with van der Waals surface area (Å²) in [6.45, 7) is 2.72. The Morgan fingerprint density at radius 1 is 1.19 bits per heavy atom. The van der Waals surface area contributed by atoms with Crippen LogP contribution in [0.25, 0.3) is 0 Å². The summed E-state index contributed by atoms with van der Waals surface area (Å²) in [5.41, 5.74) is 0.563. The molecule has 7 nitrogen and oxygen atoms in total. The molecule has 1 saturated carbocycles. The summed E-state index contributed by atoms with van der Waals surface area (Å²) in [6, 6.07) is 3.49. The second-order valence-electron chi connectivity index (χ2n) is 6.41. The van der Waals surface area contributed by atoms with Crippen molar-refractivity contribution in [3.05, 3.63) is 30.1 Å². The van der Waals surface area contributed by atoms with Gasteiger partial charge in [0.25, 0.3) is 5.91 Å². The van der Waals surface area contributed by atoms with Crippen molar-refractivity contribution in [3.63, 3.8) is 0 Å². The molecular weight excluding hydrogens is 457 g/mol. The van der Waals surface area contributed by atoms with Gasteiger partial charge in [0.05, 0.1) is 11.7 Å². The summed E-state index contributed by atoms with van der Waals surface area (Å²) in [4.78, 5) is 20.0. The van der Waals surface area contributed by atoms with Crippen LogP contribution in [0, 0.1) is 0 Å². The molecule has 2 rings (SSSR count). The van der Waals surface area contributed by atoms with Gasteiger partial charge in [0.15, 0.2) is 5.96 Å². The fourth-order valence-electron chi connectivity index (χ4n) is 2.94. The molecule has 0 radical (unpaired) electrons. The lowest BCUT2D eigenvalue weighted by atomic mass is 9.98. The van der Waals surface area contributed by atoms with E-state index < -0.39 is 0 Å². The number of rotatable bonds is 9. The zero-order chi connectivity index (χ0) is 18.5. The first-order valence-electron chi connectivity index (χ1n) is 9.54. The van der Waals surface area contributed by atoms with Crippen LogP contribution in [0.3, 0.4) is 0 Å². The number of aliphatic imine (C=N–C) groups is 1. The second-order valence-corrected chi connectivity index (χ2v) is 6.41. The molecule has 27 heavy (non-hydrogen) atoms. The highest BCUT2D eigenvalue weighted by Crippen LogP contribution is 2.20. The molecule has 0 unspecified atom stereocenters. The number of amides is 1. The SMILES string of the molecule is CN=C(NCCCOC1CCCCC1)NCCNC(=O)c1cccnc1.I. The summed E-state index contributed by atoms with van der Waals surface area (Å²) in [7, 11) is 1.74. The molecule has 1 aromatic heterocycles. The van der Waals surface area contributed by atoms with Crippen LogP contribution in [0.15, 0.2) is 29.5 Å². The van der Waals surface area contributed by atoms with Gasteiger partial charge in [-0.05, 0) is 31.4 Å². The Morgan fingerprint density at radius 3 is 2.63 bits per heavy atom. The first-order valence-corrected chi connectivity index (χ1v) is 9.54. The molecule has 1 fully saturated rings. The quantitative estimate of drug-likeness (QED) is 0.215. The molecule has 0 saturated heterocycles. The molecule has 8 heteroatoms. The van der Waals surface area contributed by atoms with Crippen LogP contribution in [0.4, 0.5) is 0 Å². The van der Waals surface area contributed by atoms with Crippen molar-refractivity contribution in [2.45, 2.75) is 44.6 Å². The maximum Gasteiger partial charge on any atom is 0.252 e. The summed E-state index contributed by atoms with van der Waals surface area (Å²) in [6.07, 6.45) is 11.0. The number of carbonyl (C=O) groups excluding carboxylic acids is 1. The zero-order valence-corrected chi connectivity index (χ0v) is 18.4. The van der Waals surface area contributed by atoms with Gasteiger partial charge < -0.3 is 20.7 Å². The van der Waals surface area contributed by atoms with Crippen LogP contribution < -0.4 is 16.0 Å². The topological polar surface area (TPSA) is 87.6 Å². The van der Waals surface area contributed by atoms with Crippen LogP contribution in [0.2, 0.25) is 0 Å². The summed E-state index contributed by atoms with van der Waals surface area (Å²) in [5, 5.41) is 9.29. The average molecular weight is 489 g/mol. The number of guanidine groups is 1. The highest BCUT2D eigenvalue weighted by Gasteiger charge is 2.13. The van der Waals surface area contributed by atoms with Gasteiger partial charge in [-0.15, -0.1) is 24.0 Å². The van der Waals surface area contributed by atoms with Crippen molar-refractivity contribution in [1.82, 2.24) is 20.9 Å². The van der Waals surface area contributed by atoms with Gasteiger partial charge in [-0.1, -0.05) is 19.3 Å². The minimum absolute atomic E-state index is 0. The Labute approximate surface area is 179 Å². The first kappa shape index (κ1) is 23.6. The number of nitrogens with one attached hydrogen (secondary N) is 3. The number of hydrogen-bond acceptors (Lipinski definition) is 4. The second kappa shape index (κ2) is 14.6. The molecular formula is C19H32IN5O2. The minimum Gasteiger partial charge on any atom is -0.378 e. The smallest absolute Gasteiger partial charge is 0.252 e. The van der Waals surface area contributed by atoms with Crippen molar-refractivity contribution in [2.75, 3.05) is 33.3 Å². The van der Waals surface area contributed by atoms with E-state index in [1.165, 1.54) is 32.1 Å². The third kappa shape index (κ3) is 9.90. The Morgan fingerprint density at radius 2 is 1.93 bits per heavy atom. The molecule has 0 bridgehead atoms. The molecule has 152 valence electrons. The largest absolute Gasteiger partial charge is 0.378 e. The van der Waals surface area contributed by atoms with Gasteiger partial charge in [0, 0.05) is 45.7 Å². The molecule has 3 N–H and O–H groups in total. The third-order valence-corrected chi connectivity index (χ3v) is 4.37. The van der Waals surface area contributed by atoms with Gasteiger partial charge in [-0.2, -0.15) is 0 Å². The van der Waals surface area contributed by atoms with Gasteiger partial charge in [-0.3, -0.25) is 14.8 Å². The number of hydrogen-bond donors (Lipinski definition) is 3. The van der Waals surface area contributed by atoms with E-state index in [0.29, 0.717) is 24.8 Å². The fourth-order valence-corrected chi connectivity index (χ4v) is 2.94. The van der Waals surface area contributed by atoms with E-state index in [4.69, 9.17) is 4.74 Å². The fraction of sp³-hybridized carbons (Fsp3) is 0.632. The van der Waals surface area contributed by atoms with Crippen LogP contribution in [-0.4, -0.2) is 56.2 Å². The maximum absolute atomic E-state index is 11.9. The van der Waals surface area contributed by atoms with Crippen molar-refractivity contribution < 1.29 is 9.53 Å². The monoisotopic (exact) mass is 489 g/mol. The molecule has 0 aliphatic heterocycles. The first-order chi connectivity index (χ1) is 12.8. The van der Waals surface area contributed by atoms with E-state index in [-0.39, 0.29) is 29.9 Å². The van der Waals surface area contributed by atoms with Crippen molar-refractivity contribution >= 4 is 35.8 Å². The number of ether oxygens (including phenoxy) is 1. The summed E-state index contributed by atoms with van der Waals surface area (Å²) in [5.74, 6) is 0.612. The van der Waals surface area contributed by atoms with E-state index in [9.17, 15) is 4.79 Å². The molecule has 0 spiro atoms. The standard InChI is InChI=1S/C19H31N5O2.HI/c1-20-19(23-11-6-14-26-17-8-3-2-4-9-17)24-13-12-22-18(25)16-7-5-10-21-15-16;/h5,7,10,15,17H,2-4,6,8-9,11-14H2,1H3,(H,22,25)(H2,20,23,24);1H. The molecule has 1 heterocycles. The summed E-state index contributed by atoms with van der Waals surface area (Å²) >= 11 is 0. The Bertz CT molecular complexity index is 550. The molecule has 1 aliphatic carbocycles. The number of halogens is 1. The average Bonchev–Trinajstić information content (AvgIpc) is 2.70. The highest BCUT2D eigenvalue weighted by atomic mass is 127. The van der Waals surface area contributed by atoms with Crippen molar-refractivity contribution in [2.24, 2.45) is 4.99 Å². The van der Waals surface area contributed by atoms with E-state index in [2.05, 4.69) is 25.9 Å². The lowest BCUT2D eigenvalue weighted by Crippen LogP contribution is -2.42. The van der Waals surface area contributed by atoms with Gasteiger partial charge >= 0.3 is 0 Å². The van der Waals surface area contributed by atoms with E-state index >= 15 is 0 Å². The Kier molecular flexibility index (Phi) is 12.8. The predicted octanol–water partition coefficient (Wildman–Crippen LogP) is 2.33. The highest BCUT2D eigenvalue weighted by molar-refractivity contribution is 14.0. The number of pyridine rings is 1. The third-order valence-electron chi connectivity index (χ3n) is 4.37. The number of nitrogens with zero attached hydrogens (tertiary/aromatic N) is 2. The Hall–Kier alpha value is -1.42. The number of aromatic nitrogens is 1. The van der Waals surface area contributed by atoms with Crippen LogP contribution in [0.5, 0.6) is 0 Å². The van der Waals surface area contributed by atoms with Gasteiger partial charge in [0.2, 0.25) is 0 Å². The lowest BCUT2D eigenvalue weighted by Gasteiger charge is -2.22. The predicted molar refractivity (Wildman–Crippen MR) is 119 cm³/mol. The lowest BCUT2D eigenvalue weighted by molar-refractivity contribution is 0.0277. The van der Waals surface area contributed by atoms with Crippen LogP contribution >= 0.6 is 24.0 Å². The summed E-state index contributed by atoms with van der Waals surface area (Å²) < 4.78 is 5.91. The molecule has 1 aromatic rings. The van der Waals surface area contributed by atoms with E-state index in [1.54, 1.807) is 31.6 Å². The van der Waals surface area contributed by atoms with E-state index in [0.717, 1.165) is 25.5 Å². The van der Waals surface area contributed by atoms with Gasteiger partial charge in [-0.25, -0.2) is 0 Å². The van der Waals surface area contributed by atoms with Crippen molar-refractivity contribution in [3.8, 4) is 0 Å². The van der Waals surface area contributed by atoms with Crippen LogP contribution in [-0.2, 0) is 4.74 Å². The minimum atomic E-state index is -0.122. The van der Waals surface area contributed by atoms with Crippen molar-refractivity contribution in [1.29, 1.82) is 0 Å². The van der Waals surface area contributed by atoms with Crippen LogP contribution in [0.1, 0.15) is 48.9 Å². The Balaban J connectivity index is 0.00000364. The normalized spacial score (nSPS) is 14.9. The zero-order valence-electron chi connectivity index (χ0n) is 16.1. The number of carbonyl (C=O) groups is 1. The molecule has 0 atom stereocenters. The van der Waals surface area contributed by atoms with E-state index in [1.807, 2.05) is 0 Å². The molecule has 1 aliphatic rings.